The van der Waals surface area contributed by atoms with Crippen molar-refractivity contribution in [2.24, 2.45) is 11.8 Å². The third-order valence-electron chi connectivity index (χ3n) is 7.96. The second-order valence-electron chi connectivity index (χ2n) is 9.83. The molecule has 4 heterocycles. The van der Waals surface area contributed by atoms with E-state index < -0.39 is 47.1 Å². The van der Waals surface area contributed by atoms with Crippen molar-refractivity contribution in [1.82, 2.24) is 10.2 Å². The molecule has 1 spiro atoms. The molecule has 0 aromatic heterocycles. The number of likely N-dealkylation sites (tertiary alicyclic amines) is 1. The SMILES string of the molecule is Cc1ccc2c(c1C)NC(=O)C21NC(CCC(=O)O)C2C(=O)N(Cc3ccc4c(c3)OCO4)C(=O)C21. The van der Waals surface area contributed by atoms with Crippen molar-refractivity contribution in [3.63, 3.8) is 0 Å². The lowest BCUT2D eigenvalue weighted by molar-refractivity contribution is -0.144. The highest BCUT2D eigenvalue weighted by Crippen LogP contribution is 2.54. The van der Waals surface area contributed by atoms with E-state index in [-0.39, 0.29) is 26.2 Å². The van der Waals surface area contributed by atoms with Gasteiger partial charge in [0.2, 0.25) is 24.5 Å². The van der Waals surface area contributed by atoms with E-state index in [1.807, 2.05) is 26.0 Å². The normalized spacial score (nSPS) is 27.6. The van der Waals surface area contributed by atoms with Crippen molar-refractivity contribution < 1.29 is 33.8 Å². The van der Waals surface area contributed by atoms with Crippen molar-refractivity contribution >= 4 is 29.4 Å². The number of anilines is 1. The molecule has 3 N–H and O–H groups in total. The number of rotatable bonds is 5. The van der Waals surface area contributed by atoms with Gasteiger partial charge >= 0.3 is 5.97 Å². The molecule has 3 amide bonds. The summed E-state index contributed by atoms with van der Waals surface area (Å²) in [4.78, 5) is 53.7. The Kier molecular flexibility index (Phi) is 4.88. The van der Waals surface area contributed by atoms with Gasteiger partial charge in [-0.15, -0.1) is 0 Å². The lowest BCUT2D eigenvalue weighted by Gasteiger charge is -2.29. The zero-order chi connectivity index (χ0) is 25.4. The number of carbonyl (C=O) groups is 4. The number of fused-ring (bicyclic) bond motifs is 5. The summed E-state index contributed by atoms with van der Waals surface area (Å²) in [5, 5.41) is 15.5. The first-order valence-corrected chi connectivity index (χ1v) is 11.9. The molecule has 2 aromatic carbocycles. The molecule has 0 aliphatic carbocycles. The second-order valence-corrected chi connectivity index (χ2v) is 9.83. The number of aliphatic carboxylic acids is 1. The lowest BCUT2D eigenvalue weighted by atomic mass is 9.76. The van der Waals surface area contributed by atoms with Crippen LogP contribution in [0, 0.1) is 25.7 Å². The van der Waals surface area contributed by atoms with E-state index in [1.165, 1.54) is 4.90 Å². The van der Waals surface area contributed by atoms with Crippen LogP contribution in [0.25, 0.3) is 0 Å². The minimum atomic E-state index is -1.45. The number of amides is 3. The molecule has 36 heavy (non-hydrogen) atoms. The third kappa shape index (κ3) is 3.00. The van der Waals surface area contributed by atoms with E-state index in [4.69, 9.17) is 9.47 Å². The van der Waals surface area contributed by atoms with Crippen LogP contribution in [-0.4, -0.2) is 46.5 Å². The van der Waals surface area contributed by atoms with Crippen LogP contribution in [0.2, 0.25) is 0 Å². The van der Waals surface area contributed by atoms with Crippen molar-refractivity contribution in [2.75, 3.05) is 12.1 Å². The van der Waals surface area contributed by atoms with E-state index in [0.717, 1.165) is 11.1 Å². The molecule has 0 saturated carbocycles. The molecular weight excluding hydrogens is 466 g/mol. The van der Waals surface area contributed by atoms with Crippen molar-refractivity contribution in [1.29, 1.82) is 0 Å². The number of benzene rings is 2. The highest BCUT2D eigenvalue weighted by molar-refractivity contribution is 6.15. The second kappa shape index (κ2) is 7.79. The molecule has 6 rings (SSSR count). The zero-order valence-corrected chi connectivity index (χ0v) is 19.8. The van der Waals surface area contributed by atoms with E-state index in [0.29, 0.717) is 28.3 Å². The van der Waals surface area contributed by atoms with Gasteiger partial charge in [0.05, 0.1) is 18.4 Å². The van der Waals surface area contributed by atoms with Gasteiger partial charge in [-0.1, -0.05) is 18.2 Å². The van der Waals surface area contributed by atoms with Crippen LogP contribution >= 0.6 is 0 Å². The Morgan fingerprint density at radius 3 is 2.67 bits per heavy atom. The van der Waals surface area contributed by atoms with Crippen LogP contribution in [0.4, 0.5) is 5.69 Å². The maximum absolute atomic E-state index is 13.9. The maximum atomic E-state index is 13.9. The smallest absolute Gasteiger partial charge is 0.303 e. The fraction of sp³-hybridized carbons (Fsp3) is 0.385. The Hall–Kier alpha value is -3.92. The van der Waals surface area contributed by atoms with Crippen molar-refractivity contribution in [3.05, 3.63) is 52.6 Å². The van der Waals surface area contributed by atoms with Gasteiger partial charge in [-0.2, -0.15) is 0 Å². The topological polar surface area (TPSA) is 134 Å². The van der Waals surface area contributed by atoms with Crippen LogP contribution in [0.5, 0.6) is 11.5 Å². The number of carboxylic acids is 1. The van der Waals surface area contributed by atoms with Gasteiger partial charge in [0, 0.05) is 23.7 Å². The first-order chi connectivity index (χ1) is 17.2. The van der Waals surface area contributed by atoms with Crippen LogP contribution in [-0.2, 0) is 31.3 Å². The van der Waals surface area contributed by atoms with Gasteiger partial charge in [-0.3, -0.25) is 29.4 Å². The molecule has 2 fully saturated rings. The summed E-state index contributed by atoms with van der Waals surface area (Å²) >= 11 is 0. The van der Waals surface area contributed by atoms with Gasteiger partial charge in [-0.25, -0.2) is 0 Å². The monoisotopic (exact) mass is 491 g/mol. The average Bonchev–Trinajstić information content (AvgIpc) is 3.57. The minimum absolute atomic E-state index is 0.0183. The Bertz CT molecular complexity index is 1360. The van der Waals surface area contributed by atoms with Crippen molar-refractivity contribution in [3.8, 4) is 11.5 Å². The predicted molar refractivity (Wildman–Crippen MR) is 125 cm³/mol. The number of nitrogens with zero attached hydrogens (tertiary/aromatic N) is 1. The lowest BCUT2D eigenvalue weighted by Crippen LogP contribution is -2.53. The molecule has 10 nitrogen and oxygen atoms in total. The predicted octanol–water partition coefficient (Wildman–Crippen LogP) is 1.82. The summed E-state index contributed by atoms with van der Waals surface area (Å²) < 4.78 is 10.8. The number of ether oxygens (including phenoxy) is 2. The summed E-state index contributed by atoms with van der Waals surface area (Å²) in [6, 6.07) is 8.29. The van der Waals surface area contributed by atoms with E-state index in [2.05, 4.69) is 10.6 Å². The molecule has 4 unspecified atom stereocenters. The summed E-state index contributed by atoms with van der Waals surface area (Å²) in [5.74, 6) is -2.97. The van der Waals surface area contributed by atoms with E-state index >= 15 is 0 Å². The first kappa shape index (κ1) is 22.5. The molecular formula is C26H25N3O7. The van der Waals surface area contributed by atoms with Crippen molar-refractivity contribution in [2.45, 2.75) is 44.8 Å². The Morgan fingerprint density at radius 1 is 1.11 bits per heavy atom. The molecule has 4 aliphatic heterocycles. The number of aryl methyl sites for hydroxylation is 1. The number of carboxylic acid groups (broad SMARTS) is 1. The Labute approximate surface area is 206 Å². The Balaban J connectivity index is 1.41. The van der Waals surface area contributed by atoms with Crippen LogP contribution in [0.1, 0.15) is 35.1 Å². The van der Waals surface area contributed by atoms with Gasteiger partial charge < -0.3 is 19.9 Å². The zero-order valence-electron chi connectivity index (χ0n) is 19.8. The van der Waals surface area contributed by atoms with E-state index in [9.17, 15) is 24.3 Å². The van der Waals surface area contributed by atoms with E-state index in [1.54, 1.807) is 18.2 Å². The number of hydrogen-bond donors (Lipinski definition) is 3. The summed E-state index contributed by atoms with van der Waals surface area (Å²) in [5.41, 5.74) is 2.38. The molecule has 10 heteroatoms. The molecule has 4 atom stereocenters. The summed E-state index contributed by atoms with van der Waals surface area (Å²) in [7, 11) is 0. The maximum Gasteiger partial charge on any atom is 0.303 e. The van der Waals surface area contributed by atoms with Gasteiger partial charge in [0.15, 0.2) is 11.5 Å². The molecule has 2 saturated heterocycles. The fourth-order valence-corrected chi connectivity index (χ4v) is 6.08. The van der Waals surface area contributed by atoms with Gasteiger partial charge in [0.1, 0.15) is 5.54 Å². The highest BCUT2D eigenvalue weighted by Gasteiger charge is 2.70. The van der Waals surface area contributed by atoms with Gasteiger partial charge in [-0.05, 0) is 49.1 Å². The summed E-state index contributed by atoms with van der Waals surface area (Å²) in [6.07, 6.45) is -0.0788. The summed E-state index contributed by atoms with van der Waals surface area (Å²) in [6.45, 7) is 3.96. The molecule has 0 bridgehead atoms. The number of imide groups is 1. The number of carbonyl (C=O) groups excluding carboxylic acids is 3. The third-order valence-corrected chi connectivity index (χ3v) is 7.96. The van der Waals surface area contributed by atoms with Crippen LogP contribution in [0.3, 0.4) is 0 Å². The Morgan fingerprint density at radius 2 is 1.89 bits per heavy atom. The molecule has 0 radical (unpaired) electrons. The first-order valence-electron chi connectivity index (χ1n) is 11.9. The quantitative estimate of drug-likeness (QED) is 0.540. The fourth-order valence-electron chi connectivity index (χ4n) is 6.08. The highest BCUT2D eigenvalue weighted by atomic mass is 16.7. The molecule has 2 aromatic rings. The average molecular weight is 492 g/mol. The standard InChI is InChI=1S/C26H25N3O7/c1-12-3-5-15-22(13(12)2)27-25(34)26(15)21-20(16(28-26)6-8-19(30)31)23(32)29(24(21)33)10-14-4-7-17-18(9-14)36-11-35-17/h3-5,7,9,16,20-21,28H,6,8,10-11H2,1-2H3,(H,27,34)(H,30,31). The van der Waals surface area contributed by atoms with Crippen LogP contribution in [0.15, 0.2) is 30.3 Å². The largest absolute Gasteiger partial charge is 0.481 e. The molecule has 4 aliphatic rings. The van der Waals surface area contributed by atoms with Gasteiger partial charge in [0.25, 0.3) is 0 Å². The number of hydrogen-bond acceptors (Lipinski definition) is 7. The minimum Gasteiger partial charge on any atom is -0.481 e. The molecule has 186 valence electrons. The number of nitrogens with one attached hydrogen (secondary N) is 2. The van der Waals surface area contributed by atoms with Crippen LogP contribution < -0.4 is 20.1 Å².